The van der Waals surface area contributed by atoms with E-state index in [-0.39, 0.29) is 0 Å². The van der Waals surface area contributed by atoms with Crippen molar-refractivity contribution in [2.45, 2.75) is 0 Å². The van der Waals surface area contributed by atoms with Crippen LogP contribution in [-0.2, 0) is 9.47 Å². The molecule has 0 amide bonds. The first kappa shape index (κ1) is 37.9. The van der Waals surface area contributed by atoms with Crippen LogP contribution in [0.1, 0.15) is 0 Å². The number of aromatic nitrogens is 6. The Morgan fingerprint density at radius 2 is 1.24 bits per heavy atom. The van der Waals surface area contributed by atoms with Crippen LogP contribution in [0, 0.1) is 0 Å². The number of nitrogens with one attached hydrogen (secondary N) is 2. The van der Waals surface area contributed by atoms with Crippen molar-refractivity contribution in [1.29, 1.82) is 0 Å². The minimum absolute atomic E-state index is 0.573. The molecule has 16 heteroatoms. The number of morpholine rings is 2. The summed E-state index contributed by atoms with van der Waals surface area (Å²) in [7, 11) is 0. The van der Waals surface area contributed by atoms with Gasteiger partial charge < -0.3 is 30.7 Å². The molecule has 0 spiro atoms. The third-order valence-electron chi connectivity index (χ3n) is 6.93. The molecule has 6 heterocycles. The number of nitrogens with two attached hydrogens (primary N) is 1. The second kappa shape index (κ2) is 19.9. The minimum Gasteiger partial charge on any atom is -0.397 e. The molecule has 8 rings (SSSR count). The Bertz CT molecular complexity index is 1920. The zero-order valence-electron chi connectivity index (χ0n) is 26.8. The van der Waals surface area contributed by atoms with E-state index in [1.54, 1.807) is 12.3 Å². The van der Waals surface area contributed by atoms with E-state index >= 15 is 0 Å². The first-order valence-corrected chi connectivity index (χ1v) is 18.7. The summed E-state index contributed by atoms with van der Waals surface area (Å²) in [5.74, 6) is 1.43. The molecule has 2 aliphatic rings. The Morgan fingerprint density at radius 3 is 1.84 bits per heavy atom. The Hall–Kier alpha value is -3.38. The molecule has 50 heavy (non-hydrogen) atoms. The molecule has 12 nitrogen and oxygen atoms in total. The molecule has 6 aromatic rings. The summed E-state index contributed by atoms with van der Waals surface area (Å²) in [5, 5.41) is 8.65. The Balaban J connectivity index is 0.000000153. The first-order valence-electron chi connectivity index (χ1n) is 15.6. The maximum absolute atomic E-state index is 5.56. The first-order chi connectivity index (χ1) is 24.3. The predicted molar refractivity (Wildman–Crippen MR) is 213 cm³/mol. The molecule has 260 valence electrons. The number of hydrogen-bond donors (Lipinski definition) is 3. The molecule has 0 radical (unpaired) electrons. The summed E-state index contributed by atoms with van der Waals surface area (Å²) in [6, 6.07) is 23.5. The summed E-state index contributed by atoms with van der Waals surface area (Å²) < 4.78 is 13.2. The van der Waals surface area contributed by atoms with Gasteiger partial charge in [0.2, 0.25) is 5.95 Å². The van der Waals surface area contributed by atoms with Crippen LogP contribution in [0.25, 0.3) is 21.8 Å². The monoisotopic (exact) mass is 930 g/mol. The van der Waals surface area contributed by atoms with Gasteiger partial charge >= 0.3 is 0 Å². The summed E-state index contributed by atoms with van der Waals surface area (Å²) in [4.78, 5) is 27.7. The van der Waals surface area contributed by atoms with E-state index in [1.165, 1.54) is 0 Å². The largest absolute Gasteiger partial charge is 0.397 e. The minimum atomic E-state index is 0.573. The topological polar surface area (TPSA) is 149 Å². The van der Waals surface area contributed by atoms with Crippen LogP contribution in [-0.4, -0.2) is 82.5 Å². The lowest BCUT2D eigenvalue weighted by Crippen LogP contribution is -2.37. The Kier molecular flexibility index (Phi) is 15.0. The molecule has 0 bridgehead atoms. The lowest BCUT2D eigenvalue weighted by atomic mass is 10.2. The number of para-hydroxylation sites is 2. The van der Waals surface area contributed by atoms with Crippen LogP contribution >= 0.6 is 63.7 Å². The zero-order valence-corrected chi connectivity index (χ0v) is 33.1. The van der Waals surface area contributed by atoms with Crippen molar-refractivity contribution in [2.75, 3.05) is 68.6 Å². The number of pyridine rings is 2. The third kappa shape index (κ3) is 12.4. The second-order valence-electron chi connectivity index (χ2n) is 10.6. The van der Waals surface area contributed by atoms with Gasteiger partial charge in [0.15, 0.2) is 4.73 Å². The SMILES string of the molecule is Brc1cc(Br)nc(Br)n1.Brc1cc(Nc2cnc3ccccc3c2)nc(N2CCOCC2)n1.C1COCCN1.Nc1cnc2ccccc2c1. The van der Waals surface area contributed by atoms with E-state index in [0.29, 0.717) is 29.6 Å². The standard InChI is InChI=1S/C17H16BrN5O.C9H8N2.C4HBr3N2.C4H9NO/c18-15-10-16(22-17(21-15)23-5-7-24-8-6-23)20-13-9-12-3-1-2-4-14(12)19-11-13;10-8-5-7-3-1-2-4-9(7)11-6-8;5-2-1-3(6)9-4(7)8-2;1-3-6-4-2-5-1/h1-4,9-11H,5-8H2,(H,20,21,22);1-6H,10H2;1H;5H,1-4H2. The van der Waals surface area contributed by atoms with E-state index in [4.69, 9.17) is 15.2 Å². The van der Waals surface area contributed by atoms with E-state index in [2.05, 4.69) is 115 Å². The summed E-state index contributed by atoms with van der Waals surface area (Å²) in [5.41, 5.74) is 9.13. The van der Waals surface area contributed by atoms with Crippen molar-refractivity contribution >= 4 is 109 Å². The van der Waals surface area contributed by atoms with Crippen molar-refractivity contribution in [1.82, 2.24) is 35.2 Å². The molecule has 4 aromatic heterocycles. The van der Waals surface area contributed by atoms with Crippen LogP contribution in [0.3, 0.4) is 0 Å². The van der Waals surface area contributed by atoms with Gasteiger partial charge in [0.1, 0.15) is 19.6 Å². The van der Waals surface area contributed by atoms with Crippen LogP contribution < -0.4 is 21.3 Å². The van der Waals surface area contributed by atoms with Gasteiger partial charge in [0, 0.05) is 49.1 Å². The average molecular weight is 934 g/mol. The van der Waals surface area contributed by atoms with Crippen molar-refractivity contribution in [2.24, 2.45) is 0 Å². The highest BCUT2D eigenvalue weighted by atomic mass is 79.9. The molecular formula is C34H34Br4N10O2. The summed E-state index contributed by atoms with van der Waals surface area (Å²) >= 11 is 13.0. The van der Waals surface area contributed by atoms with Crippen molar-refractivity contribution in [3.8, 4) is 0 Å². The van der Waals surface area contributed by atoms with Crippen LogP contribution in [0.2, 0.25) is 0 Å². The fraction of sp³-hybridized carbons (Fsp3) is 0.235. The van der Waals surface area contributed by atoms with Gasteiger partial charge in [-0.15, -0.1) is 0 Å². The second-order valence-corrected chi connectivity index (χ2v) is 13.8. The molecule has 0 saturated carbocycles. The number of anilines is 4. The lowest BCUT2D eigenvalue weighted by molar-refractivity contribution is 0.109. The number of halogens is 4. The average Bonchev–Trinajstić information content (AvgIpc) is 3.13. The Morgan fingerprint density at radius 1 is 0.660 bits per heavy atom. The van der Waals surface area contributed by atoms with E-state index in [0.717, 1.165) is 86.5 Å². The van der Waals surface area contributed by atoms with Gasteiger partial charge in [-0.25, -0.2) is 15.0 Å². The molecular weight excluding hydrogens is 900 g/mol. The lowest BCUT2D eigenvalue weighted by Gasteiger charge is -2.27. The fourth-order valence-corrected chi connectivity index (χ4v) is 6.94. The number of rotatable bonds is 3. The molecule has 2 saturated heterocycles. The van der Waals surface area contributed by atoms with Gasteiger partial charge in [0.25, 0.3) is 0 Å². The van der Waals surface area contributed by atoms with E-state index < -0.39 is 0 Å². The highest BCUT2D eigenvalue weighted by molar-refractivity contribution is 9.11. The predicted octanol–water partition coefficient (Wildman–Crippen LogP) is 7.55. The Labute approximate surface area is 323 Å². The van der Waals surface area contributed by atoms with Gasteiger partial charge in [0.05, 0.1) is 61.2 Å². The number of hydrogen-bond acceptors (Lipinski definition) is 12. The highest BCUT2D eigenvalue weighted by Gasteiger charge is 2.15. The third-order valence-corrected chi connectivity index (χ3v) is 8.51. The zero-order chi connectivity index (χ0) is 35.1. The van der Waals surface area contributed by atoms with Crippen molar-refractivity contribution < 1.29 is 9.47 Å². The smallest absolute Gasteiger partial charge is 0.228 e. The normalized spacial score (nSPS) is 14.0. The number of ether oxygens (including phenoxy) is 2. The molecule has 2 aromatic carbocycles. The van der Waals surface area contributed by atoms with Crippen molar-refractivity contribution in [3.05, 3.63) is 104 Å². The van der Waals surface area contributed by atoms with Gasteiger partial charge in [-0.1, -0.05) is 36.4 Å². The van der Waals surface area contributed by atoms with Crippen LogP contribution in [0.4, 0.5) is 23.1 Å². The summed E-state index contributed by atoms with van der Waals surface area (Å²) in [6.07, 6.45) is 3.48. The molecule has 2 aliphatic heterocycles. The number of fused-ring (bicyclic) bond motifs is 2. The molecule has 0 unspecified atom stereocenters. The number of nitrogens with zero attached hydrogens (tertiary/aromatic N) is 7. The van der Waals surface area contributed by atoms with Gasteiger partial charge in [-0.05, 0) is 88.0 Å². The number of benzene rings is 2. The maximum Gasteiger partial charge on any atom is 0.228 e. The summed E-state index contributed by atoms with van der Waals surface area (Å²) in [6.45, 7) is 6.83. The van der Waals surface area contributed by atoms with Crippen LogP contribution in [0.15, 0.2) is 104 Å². The van der Waals surface area contributed by atoms with Crippen molar-refractivity contribution in [3.63, 3.8) is 0 Å². The van der Waals surface area contributed by atoms with E-state index in [1.807, 2.05) is 66.9 Å². The highest BCUT2D eigenvalue weighted by Crippen LogP contribution is 2.23. The molecule has 2 fully saturated rings. The van der Waals surface area contributed by atoms with Crippen LogP contribution in [0.5, 0.6) is 0 Å². The molecule has 0 atom stereocenters. The maximum atomic E-state index is 5.56. The quantitative estimate of drug-likeness (QED) is 0.119. The molecule has 4 N–H and O–H groups in total. The van der Waals surface area contributed by atoms with Gasteiger partial charge in [-0.3, -0.25) is 9.97 Å². The molecule has 0 aliphatic carbocycles. The van der Waals surface area contributed by atoms with E-state index in [9.17, 15) is 0 Å². The van der Waals surface area contributed by atoms with Gasteiger partial charge in [-0.2, -0.15) is 4.98 Å². The fourth-order valence-electron chi connectivity index (χ4n) is 4.63. The number of nitrogen functional groups attached to an aromatic ring is 1.